The van der Waals surface area contributed by atoms with E-state index in [9.17, 15) is 5.11 Å². The van der Waals surface area contributed by atoms with E-state index in [1.165, 1.54) is 5.56 Å². The smallest absolute Gasteiger partial charge is 0.105 e. The van der Waals surface area contributed by atoms with E-state index in [4.69, 9.17) is 0 Å². The highest BCUT2D eigenvalue weighted by molar-refractivity contribution is 5.19. The summed E-state index contributed by atoms with van der Waals surface area (Å²) in [6.45, 7) is 7.90. The van der Waals surface area contributed by atoms with E-state index < -0.39 is 5.60 Å². The highest BCUT2D eigenvalue weighted by Crippen LogP contribution is 2.26. The van der Waals surface area contributed by atoms with Crippen molar-refractivity contribution in [2.45, 2.75) is 44.8 Å². The Morgan fingerprint density at radius 2 is 1.91 bits per heavy atom. The molecule has 4 heteroatoms. The molecular weight excluding hydrogens is 286 g/mol. The summed E-state index contributed by atoms with van der Waals surface area (Å²) in [6.07, 6.45) is 5.41. The Morgan fingerprint density at radius 3 is 2.52 bits per heavy atom. The molecule has 1 aromatic carbocycles. The van der Waals surface area contributed by atoms with Crippen molar-refractivity contribution in [3.05, 3.63) is 54.1 Å². The van der Waals surface area contributed by atoms with Crippen LogP contribution < -0.4 is 0 Å². The normalized spacial score (nSPS) is 19.6. The summed E-state index contributed by atoms with van der Waals surface area (Å²) in [5.74, 6) is 1.50. The van der Waals surface area contributed by atoms with Gasteiger partial charge >= 0.3 is 0 Å². The van der Waals surface area contributed by atoms with Crippen LogP contribution in [-0.4, -0.2) is 44.8 Å². The molecule has 0 aliphatic carbocycles. The molecule has 2 heterocycles. The van der Waals surface area contributed by atoms with E-state index in [0.29, 0.717) is 12.5 Å². The quantitative estimate of drug-likeness (QED) is 0.923. The maximum Gasteiger partial charge on any atom is 0.105 e. The largest absolute Gasteiger partial charge is 0.388 e. The molecule has 2 aromatic rings. The predicted molar refractivity (Wildman–Crippen MR) is 92.4 cm³/mol. The molecule has 3 rings (SSSR count). The van der Waals surface area contributed by atoms with Gasteiger partial charge in [0, 0.05) is 32.0 Å². The van der Waals surface area contributed by atoms with Crippen molar-refractivity contribution in [3.8, 4) is 0 Å². The van der Waals surface area contributed by atoms with E-state index in [2.05, 4.69) is 51.7 Å². The Labute approximate surface area is 138 Å². The number of aliphatic hydroxyl groups is 1. The van der Waals surface area contributed by atoms with Gasteiger partial charge in [0.05, 0.1) is 12.1 Å². The number of imidazole rings is 1. The summed E-state index contributed by atoms with van der Waals surface area (Å²) in [6, 6.07) is 10.7. The van der Waals surface area contributed by atoms with Crippen LogP contribution >= 0.6 is 0 Å². The highest BCUT2D eigenvalue weighted by Gasteiger charge is 2.33. The Bertz CT molecular complexity index is 615. The Hall–Kier alpha value is -1.65. The van der Waals surface area contributed by atoms with Crippen LogP contribution in [0.25, 0.3) is 0 Å². The molecule has 0 bridgehead atoms. The zero-order chi connectivity index (χ0) is 16.3. The zero-order valence-electron chi connectivity index (χ0n) is 14.2. The standard InChI is InChI=1S/C19H27N3O/c1-16(18-6-4-3-5-7-18)14-21-11-8-19(23,9-12-21)15-22-13-10-20-17(22)2/h3-7,10,13,16,23H,8-9,11-12,14-15H2,1-2H3. The molecule has 4 nitrogen and oxygen atoms in total. The molecule has 0 spiro atoms. The van der Waals surface area contributed by atoms with Gasteiger partial charge in [0.2, 0.25) is 0 Å². The average Bonchev–Trinajstić information content (AvgIpc) is 2.95. The highest BCUT2D eigenvalue weighted by atomic mass is 16.3. The van der Waals surface area contributed by atoms with Gasteiger partial charge in [0.25, 0.3) is 0 Å². The van der Waals surface area contributed by atoms with Gasteiger partial charge in [0.1, 0.15) is 5.82 Å². The molecule has 1 saturated heterocycles. The SMILES string of the molecule is Cc1nccn1CC1(O)CCN(CC(C)c2ccccc2)CC1. The van der Waals surface area contributed by atoms with Crippen molar-refractivity contribution < 1.29 is 5.11 Å². The lowest BCUT2D eigenvalue weighted by molar-refractivity contribution is -0.0352. The van der Waals surface area contributed by atoms with Gasteiger partial charge in [-0.1, -0.05) is 37.3 Å². The number of aryl methyl sites for hydroxylation is 1. The number of aromatic nitrogens is 2. The minimum Gasteiger partial charge on any atom is -0.388 e. The lowest BCUT2D eigenvalue weighted by atomic mass is 9.90. The molecule has 1 fully saturated rings. The van der Waals surface area contributed by atoms with Crippen LogP contribution in [0.15, 0.2) is 42.7 Å². The number of likely N-dealkylation sites (tertiary alicyclic amines) is 1. The number of rotatable bonds is 5. The second-order valence-electron chi connectivity index (χ2n) is 6.94. The van der Waals surface area contributed by atoms with Crippen molar-refractivity contribution >= 4 is 0 Å². The zero-order valence-corrected chi connectivity index (χ0v) is 14.2. The fraction of sp³-hybridized carbons (Fsp3) is 0.526. The molecule has 1 aromatic heterocycles. The molecule has 0 radical (unpaired) electrons. The number of piperidine rings is 1. The Morgan fingerprint density at radius 1 is 1.22 bits per heavy atom. The average molecular weight is 313 g/mol. The summed E-state index contributed by atoms with van der Waals surface area (Å²) in [7, 11) is 0. The topological polar surface area (TPSA) is 41.3 Å². The molecule has 0 saturated carbocycles. The van der Waals surface area contributed by atoms with Crippen molar-refractivity contribution in [1.82, 2.24) is 14.5 Å². The molecular formula is C19H27N3O. The van der Waals surface area contributed by atoms with Gasteiger partial charge in [-0.05, 0) is 31.2 Å². The molecule has 124 valence electrons. The second-order valence-corrected chi connectivity index (χ2v) is 6.94. The monoisotopic (exact) mass is 313 g/mol. The molecule has 1 aliphatic heterocycles. The number of hydrogen-bond donors (Lipinski definition) is 1. The van der Waals surface area contributed by atoms with Crippen molar-refractivity contribution in [2.75, 3.05) is 19.6 Å². The van der Waals surface area contributed by atoms with E-state index >= 15 is 0 Å². The van der Waals surface area contributed by atoms with Crippen LogP contribution in [0.5, 0.6) is 0 Å². The van der Waals surface area contributed by atoms with Crippen LogP contribution in [0.1, 0.15) is 37.1 Å². The van der Waals surface area contributed by atoms with E-state index in [1.54, 1.807) is 6.20 Å². The summed E-state index contributed by atoms with van der Waals surface area (Å²) in [5, 5.41) is 10.9. The molecule has 1 atom stereocenters. The first kappa shape index (κ1) is 16.2. The minimum atomic E-state index is -0.599. The number of benzene rings is 1. The third-order valence-corrected chi connectivity index (χ3v) is 5.08. The van der Waals surface area contributed by atoms with Gasteiger partial charge in [-0.25, -0.2) is 4.98 Å². The van der Waals surface area contributed by atoms with Gasteiger partial charge in [-0.3, -0.25) is 0 Å². The third-order valence-electron chi connectivity index (χ3n) is 5.08. The van der Waals surface area contributed by atoms with Gasteiger partial charge in [-0.15, -0.1) is 0 Å². The molecule has 23 heavy (non-hydrogen) atoms. The van der Waals surface area contributed by atoms with Gasteiger partial charge in [0.15, 0.2) is 0 Å². The fourth-order valence-corrected chi connectivity index (χ4v) is 3.47. The van der Waals surface area contributed by atoms with Crippen molar-refractivity contribution in [3.63, 3.8) is 0 Å². The molecule has 0 amide bonds. The first-order chi connectivity index (χ1) is 11.1. The van der Waals surface area contributed by atoms with Crippen molar-refractivity contribution in [1.29, 1.82) is 0 Å². The summed E-state index contributed by atoms with van der Waals surface area (Å²) in [4.78, 5) is 6.72. The maximum absolute atomic E-state index is 10.9. The third kappa shape index (κ3) is 4.01. The molecule has 1 aliphatic rings. The summed E-state index contributed by atoms with van der Waals surface area (Å²) < 4.78 is 2.06. The van der Waals surface area contributed by atoms with Crippen LogP contribution in [-0.2, 0) is 6.54 Å². The number of hydrogen-bond acceptors (Lipinski definition) is 3. The van der Waals surface area contributed by atoms with E-state index in [-0.39, 0.29) is 0 Å². The van der Waals surface area contributed by atoms with Crippen LogP contribution in [0.3, 0.4) is 0 Å². The first-order valence-corrected chi connectivity index (χ1v) is 8.53. The second kappa shape index (κ2) is 6.85. The summed E-state index contributed by atoms with van der Waals surface area (Å²) >= 11 is 0. The van der Waals surface area contributed by atoms with Gasteiger partial charge in [-0.2, -0.15) is 0 Å². The molecule has 1 N–H and O–H groups in total. The lowest BCUT2D eigenvalue weighted by Gasteiger charge is -2.39. The first-order valence-electron chi connectivity index (χ1n) is 8.53. The van der Waals surface area contributed by atoms with E-state index in [0.717, 1.165) is 38.3 Å². The van der Waals surface area contributed by atoms with Crippen LogP contribution in [0, 0.1) is 6.92 Å². The van der Waals surface area contributed by atoms with E-state index in [1.807, 2.05) is 13.1 Å². The summed E-state index contributed by atoms with van der Waals surface area (Å²) in [5.41, 5.74) is 0.792. The number of nitrogens with zero attached hydrogens (tertiary/aromatic N) is 3. The van der Waals surface area contributed by atoms with Crippen LogP contribution in [0.4, 0.5) is 0 Å². The lowest BCUT2D eigenvalue weighted by Crippen LogP contribution is -2.47. The van der Waals surface area contributed by atoms with Crippen LogP contribution in [0.2, 0.25) is 0 Å². The van der Waals surface area contributed by atoms with Crippen molar-refractivity contribution in [2.24, 2.45) is 0 Å². The Balaban J connectivity index is 1.53. The Kier molecular flexibility index (Phi) is 4.83. The minimum absolute atomic E-state index is 0.526. The maximum atomic E-state index is 10.9. The fourth-order valence-electron chi connectivity index (χ4n) is 3.47. The van der Waals surface area contributed by atoms with Gasteiger partial charge < -0.3 is 14.6 Å². The molecule has 1 unspecified atom stereocenters. The predicted octanol–water partition coefficient (Wildman–Crippen LogP) is 2.82.